The molecule has 12 heteroatoms. The van der Waals surface area contributed by atoms with E-state index in [-0.39, 0.29) is 17.1 Å². The summed E-state index contributed by atoms with van der Waals surface area (Å²) in [6.45, 7) is 0. The highest BCUT2D eigenvalue weighted by atomic mass is 16.6. The molecule has 0 amide bonds. The predicted molar refractivity (Wildman–Crippen MR) is 125 cm³/mol. The molecular weight excluding hydrogens is 492 g/mol. The van der Waals surface area contributed by atoms with Crippen molar-refractivity contribution in [1.29, 1.82) is 0 Å². The lowest BCUT2D eigenvalue weighted by Crippen LogP contribution is -2.58. The molecule has 0 aliphatic heterocycles. The summed E-state index contributed by atoms with van der Waals surface area (Å²) in [4.78, 5) is 36.7. The van der Waals surface area contributed by atoms with Crippen LogP contribution in [0.5, 0.6) is 23.0 Å². The molecule has 4 atom stereocenters. The fourth-order valence-corrected chi connectivity index (χ4v) is 3.68. The van der Waals surface area contributed by atoms with Gasteiger partial charge in [-0.15, -0.1) is 0 Å². The Kier molecular flexibility index (Phi) is 8.05. The first-order chi connectivity index (χ1) is 17.4. The first-order valence-electron chi connectivity index (χ1n) is 10.8. The van der Waals surface area contributed by atoms with Gasteiger partial charge in [0, 0.05) is 25.0 Å². The van der Waals surface area contributed by atoms with Gasteiger partial charge < -0.3 is 45.2 Å². The highest BCUT2D eigenvalue weighted by Gasteiger charge is 2.54. The van der Waals surface area contributed by atoms with Crippen LogP contribution < -0.4 is 0 Å². The number of ether oxygens (including phenoxy) is 2. The van der Waals surface area contributed by atoms with Crippen LogP contribution in [0.4, 0.5) is 0 Å². The number of phenolic OH excluding ortho intramolecular Hbond substituents is 4. The van der Waals surface area contributed by atoms with E-state index in [1.165, 1.54) is 42.5 Å². The Bertz CT molecular complexity index is 1250. The highest BCUT2D eigenvalue weighted by molar-refractivity contribution is 5.91. The van der Waals surface area contributed by atoms with Crippen molar-refractivity contribution in [2.24, 2.45) is 0 Å². The van der Waals surface area contributed by atoms with Crippen LogP contribution in [0.1, 0.15) is 24.0 Å². The standard InChI is InChI=1S/C25H24O12/c26-15-5-1-13(9-17(15)28)3-7-21(31)36-20-12-25(24(34)35,11-19(30)23(20)33)37-22(32)8-4-14-2-6-16(27)18(29)10-14/h1-10,19-20,23,26-30,33H,11-12H2,(H,34,35)/t19-,20-,23+,25+/m1/s1. The molecule has 1 fully saturated rings. The highest BCUT2D eigenvalue weighted by Crippen LogP contribution is 2.35. The smallest absolute Gasteiger partial charge is 0.348 e. The summed E-state index contributed by atoms with van der Waals surface area (Å²) in [6, 6.07) is 7.44. The zero-order valence-corrected chi connectivity index (χ0v) is 19.1. The molecule has 1 saturated carbocycles. The molecule has 12 nitrogen and oxygen atoms in total. The molecule has 1 aliphatic carbocycles. The molecule has 0 heterocycles. The number of phenols is 4. The van der Waals surface area contributed by atoms with Gasteiger partial charge in [0.2, 0.25) is 5.60 Å². The average molecular weight is 516 g/mol. The molecule has 7 N–H and O–H groups in total. The van der Waals surface area contributed by atoms with Gasteiger partial charge in [-0.25, -0.2) is 14.4 Å². The monoisotopic (exact) mass is 516 g/mol. The lowest BCUT2D eigenvalue weighted by Gasteiger charge is -2.41. The summed E-state index contributed by atoms with van der Waals surface area (Å²) in [5.41, 5.74) is -1.73. The van der Waals surface area contributed by atoms with E-state index in [2.05, 4.69) is 0 Å². The topological polar surface area (TPSA) is 211 Å². The lowest BCUT2D eigenvalue weighted by atomic mass is 9.79. The van der Waals surface area contributed by atoms with Crippen molar-refractivity contribution in [3.63, 3.8) is 0 Å². The van der Waals surface area contributed by atoms with Gasteiger partial charge in [-0.05, 0) is 47.5 Å². The molecule has 37 heavy (non-hydrogen) atoms. The normalized spacial score (nSPS) is 23.7. The molecule has 0 bridgehead atoms. The maximum Gasteiger partial charge on any atom is 0.348 e. The van der Waals surface area contributed by atoms with E-state index in [4.69, 9.17) is 9.47 Å². The number of hydrogen-bond donors (Lipinski definition) is 7. The van der Waals surface area contributed by atoms with E-state index in [9.17, 15) is 50.1 Å². The summed E-state index contributed by atoms with van der Waals surface area (Å²) >= 11 is 0. The van der Waals surface area contributed by atoms with Crippen LogP contribution in [-0.4, -0.2) is 77.6 Å². The molecular formula is C25H24O12. The molecule has 0 radical (unpaired) electrons. The number of aromatic hydroxyl groups is 4. The predicted octanol–water partition coefficient (Wildman–Crippen LogP) is 1.03. The largest absolute Gasteiger partial charge is 0.504 e. The number of carboxylic acid groups (broad SMARTS) is 1. The van der Waals surface area contributed by atoms with Crippen LogP contribution in [0.3, 0.4) is 0 Å². The second-order valence-corrected chi connectivity index (χ2v) is 8.33. The summed E-state index contributed by atoms with van der Waals surface area (Å²) in [5.74, 6) is -5.41. The van der Waals surface area contributed by atoms with E-state index in [0.29, 0.717) is 5.56 Å². The van der Waals surface area contributed by atoms with Crippen LogP contribution >= 0.6 is 0 Å². The molecule has 0 spiro atoms. The van der Waals surface area contributed by atoms with E-state index < -0.39 is 66.2 Å². The van der Waals surface area contributed by atoms with Gasteiger partial charge >= 0.3 is 17.9 Å². The number of rotatable bonds is 7. The Morgan fingerprint density at radius 3 is 1.78 bits per heavy atom. The van der Waals surface area contributed by atoms with Gasteiger partial charge in [-0.1, -0.05) is 12.1 Å². The molecule has 0 aromatic heterocycles. The van der Waals surface area contributed by atoms with Crippen LogP contribution in [0, 0.1) is 0 Å². The van der Waals surface area contributed by atoms with Crippen molar-refractivity contribution in [3.8, 4) is 23.0 Å². The summed E-state index contributed by atoms with van der Waals surface area (Å²) in [7, 11) is 0. The fourth-order valence-electron chi connectivity index (χ4n) is 3.68. The van der Waals surface area contributed by atoms with Crippen molar-refractivity contribution < 1.29 is 59.6 Å². The zero-order chi connectivity index (χ0) is 27.3. The van der Waals surface area contributed by atoms with Crippen molar-refractivity contribution in [3.05, 3.63) is 59.7 Å². The maximum absolute atomic E-state index is 12.4. The van der Waals surface area contributed by atoms with Crippen LogP contribution in [0.15, 0.2) is 48.6 Å². The number of carboxylic acids is 1. The third kappa shape index (κ3) is 6.57. The van der Waals surface area contributed by atoms with E-state index >= 15 is 0 Å². The minimum atomic E-state index is -2.34. The van der Waals surface area contributed by atoms with E-state index in [1.54, 1.807) is 0 Å². The molecule has 3 rings (SSSR count). The molecule has 2 aromatic carbocycles. The Balaban J connectivity index is 1.73. The minimum absolute atomic E-state index is 0.288. The van der Waals surface area contributed by atoms with Crippen LogP contribution in [0.25, 0.3) is 12.2 Å². The van der Waals surface area contributed by atoms with Crippen LogP contribution in [0.2, 0.25) is 0 Å². The third-order valence-electron chi connectivity index (χ3n) is 5.62. The quantitative estimate of drug-likeness (QED) is 0.156. The third-order valence-corrected chi connectivity index (χ3v) is 5.62. The minimum Gasteiger partial charge on any atom is -0.504 e. The first kappa shape index (κ1) is 27.0. The summed E-state index contributed by atoms with van der Waals surface area (Å²) in [6.07, 6.45) is -2.09. The van der Waals surface area contributed by atoms with Gasteiger partial charge in [0.1, 0.15) is 12.2 Å². The fraction of sp³-hybridized carbons (Fsp3) is 0.240. The Morgan fingerprint density at radius 2 is 1.30 bits per heavy atom. The second-order valence-electron chi connectivity index (χ2n) is 8.33. The number of aliphatic hydroxyl groups is 2. The average Bonchev–Trinajstić information content (AvgIpc) is 2.83. The zero-order valence-electron chi connectivity index (χ0n) is 19.1. The lowest BCUT2D eigenvalue weighted by molar-refractivity contribution is -0.207. The van der Waals surface area contributed by atoms with Crippen molar-refractivity contribution >= 4 is 30.1 Å². The Hall–Kier alpha value is -4.55. The molecule has 0 saturated heterocycles. The van der Waals surface area contributed by atoms with Gasteiger partial charge in [-0.3, -0.25) is 0 Å². The number of benzene rings is 2. The van der Waals surface area contributed by atoms with Gasteiger partial charge in [0.25, 0.3) is 0 Å². The number of carbonyl (C=O) groups excluding carboxylic acids is 2. The Labute approximate surface area is 209 Å². The molecule has 0 unspecified atom stereocenters. The second kappa shape index (κ2) is 11.0. The first-order valence-corrected chi connectivity index (χ1v) is 10.8. The molecule has 196 valence electrons. The number of hydrogen-bond acceptors (Lipinski definition) is 11. The van der Waals surface area contributed by atoms with Crippen molar-refractivity contribution in [1.82, 2.24) is 0 Å². The number of carbonyl (C=O) groups is 3. The number of esters is 2. The van der Waals surface area contributed by atoms with Crippen LogP contribution in [-0.2, 0) is 23.9 Å². The maximum atomic E-state index is 12.4. The number of aliphatic hydroxyl groups excluding tert-OH is 2. The van der Waals surface area contributed by atoms with Gasteiger partial charge in [0.15, 0.2) is 23.0 Å². The van der Waals surface area contributed by atoms with Gasteiger partial charge in [0.05, 0.1) is 6.10 Å². The van der Waals surface area contributed by atoms with Crippen molar-refractivity contribution in [2.75, 3.05) is 0 Å². The van der Waals surface area contributed by atoms with Gasteiger partial charge in [-0.2, -0.15) is 0 Å². The van der Waals surface area contributed by atoms with Crippen molar-refractivity contribution in [2.45, 2.75) is 36.8 Å². The molecule has 1 aliphatic rings. The van der Waals surface area contributed by atoms with E-state index in [1.807, 2.05) is 0 Å². The SMILES string of the molecule is O=C(C=Cc1ccc(O)c(O)c1)O[C@@H]1C[C@](OC(=O)C=Cc2ccc(O)c(O)c2)(C(=O)O)C[C@@H](O)[C@@H]1O. The number of aliphatic carboxylic acids is 1. The van der Waals surface area contributed by atoms with E-state index in [0.717, 1.165) is 18.2 Å². The molecule has 2 aromatic rings. The summed E-state index contributed by atoms with van der Waals surface area (Å²) < 4.78 is 10.2. The summed E-state index contributed by atoms with van der Waals surface area (Å²) in [5, 5.41) is 68.0. The Morgan fingerprint density at radius 1 is 0.784 bits per heavy atom.